The molecule has 0 amide bonds. The molecule has 0 aliphatic heterocycles. The number of aromatic carboxylic acids is 1. The Balaban J connectivity index is 1.92. The zero-order valence-corrected chi connectivity index (χ0v) is 16.7. The van der Waals surface area contributed by atoms with Crippen LogP contribution in [0.25, 0.3) is 11.3 Å². The number of aliphatic hydroxyl groups excluding tert-OH is 1. The molecule has 5 heteroatoms. The van der Waals surface area contributed by atoms with E-state index in [4.69, 9.17) is 0 Å². The van der Waals surface area contributed by atoms with E-state index in [1.165, 1.54) is 0 Å². The molecular weight excluding hydrogens is 366 g/mol. The van der Waals surface area contributed by atoms with Gasteiger partial charge in [-0.1, -0.05) is 30.3 Å². The molecule has 0 saturated heterocycles. The molecule has 0 atom stereocenters. The van der Waals surface area contributed by atoms with Crippen molar-refractivity contribution in [3.05, 3.63) is 87.6 Å². The lowest BCUT2D eigenvalue weighted by Crippen LogP contribution is -2.12. The fraction of sp³-hybridized carbons (Fsp3) is 0.208. The maximum atomic E-state index is 13.0. The van der Waals surface area contributed by atoms with E-state index in [1.54, 1.807) is 12.1 Å². The molecule has 0 aliphatic carbocycles. The SMILES string of the molecule is Cc1ccc(-c2ccc(CO)cc2)nc1C(=O)Cc1c(C)cc(C(=O)O)cc1C. The van der Waals surface area contributed by atoms with Crippen LogP contribution in [0.1, 0.15) is 48.7 Å². The maximum absolute atomic E-state index is 13.0. The Bertz CT molecular complexity index is 1060. The highest BCUT2D eigenvalue weighted by Gasteiger charge is 2.17. The number of aliphatic hydroxyl groups is 1. The molecule has 29 heavy (non-hydrogen) atoms. The second kappa shape index (κ2) is 8.37. The average molecular weight is 389 g/mol. The molecule has 2 N–H and O–H groups in total. The summed E-state index contributed by atoms with van der Waals surface area (Å²) in [5.41, 5.74) is 6.20. The van der Waals surface area contributed by atoms with E-state index >= 15 is 0 Å². The Morgan fingerprint density at radius 2 is 1.52 bits per heavy atom. The molecule has 0 bridgehead atoms. The van der Waals surface area contributed by atoms with Gasteiger partial charge in [-0.3, -0.25) is 4.79 Å². The topological polar surface area (TPSA) is 87.5 Å². The summed E-state index contributed by atoms with van der Waals surface area (Å²) in [5.74, 6) is -1.09. The van der Waals surface area contributed by atoms with Gasteiger partial charge in [-0.2, -0.15) is 0 Å². The minimum absolute atomic E-state index is 0.0231. The van der Waals surface area contributed by atoms with Crippen LogP contribution < -0.4 is 0 Å². The number of carbonyl (C=O) groups is 2. The summed E-state index contributed by atoms with van der Waals surface area (Å²) in [7, 11) is 0. The molecule has 148 valence electrons. The number of aromatic nitrogens is 1. The first-order chi connectivity index (χ1) is 13.8. The Morgan fingerprint density at radius 1 is 0.897 bits per heavy atom. The van der Waals surface area contributed by atoms with Crippen molar-refractivity contribution in [2.75, 3.05) is 0 Å². The Kier molecular flexibility index (Phi) is 5.89. The van der Waals surface area contributed by atoms with Crippen LogP contribution in [-0.2, 0) is 13.0 Å². The molecular formula is C24H23NO4. The van der Waals surface area contributed by atoms with Gasteiger partial charge in [-0.15, -0.1) is 0 Å². The molecule has 3 aromatic rings. The first kappa shape index (κ1) is 20.4. The van der Waals surface area contributed by atoms with Crippen LogP contribution in [-0.4, -0.2) is 26.9 Å². The van der Waals surface area contributed by atoms with Crippen molar-refractivity contribution in [1.29, 1.82) is 0 Å². The molecule has 5 nitrogen and oxygen atoms in total. The molecule has 0 fully saturated rings. The third-order valence-electron chi connectivity index (χ3n) is 5.07. The normalized spacial score (nSPS) is 10.8. The second-order valence-electron chi connectivity index (χ2n) is 7.21. The van der Waals surface area contributed by atoms with Crippen LogP contribution in [0.2, 0.25) is 0 Å². The Hall–Kier alpha value is -3.31. The Morgan fingerprint density at radius 3 is 2.07 bits per heavy atom. The lowest BCUT2D eigenvalue weighted by molar-refractivity contribution is 0.0696. The van der Waals surface area contributed by atoms with Crippen LogP contribution >= 0.6 is 0 Å². The van der Waals surface area contributed by atoms with Crippen molar-refractivity contribution in [3.8, 4) is 11.3 Å². The zero-order valence-electron chi connectivity index (χ0n) is 16.7. The number of carboxylic acid groups (broad SMARTS) is 1. The first-order valence-corrected chi connectivity index (χ1v) is 9.34. The quantitative estimate of drug-likeness (QED) is 0.614. The number of hydrogen-bond acceptors (Lipinski definition) is 4. The lowest BCUT2D eigenvalue weighted by Gasteiger charge is -2.12. The largest absolute Gasteiger partial charge is 0.478 e. The van der Waals surface area contributed by atoms with Crippen molar-refractivity contribution < 1.29 is 19.8 Å². The van der Waals surface area contributed by atoms with E-state index < -0.39 is 5.97 Å². The molecule has 0 saturated carbocycles. The number of nitrogens with zero attached hydrogens (tertiary/aromatic N) is 1. The van der Waals surface area contributed by atoms with E-state index in [2.05, 4.69) is 4.98 Å². The molecule has 1 heterocycles. The number of aryl methyl sites for hydroxylation is 3. The van der Waals surface area contributed by atoms with E-state index in [0.717, 1.165) is 33.4 Å². The van der Waals surface area contributed by atoms with Gasteiger partial charge in [-0.25, -0.2) is 9.78 Å². The average Bonchev–Trinajstić information content (AvgIpc) is 2.70. The lowest BCUT2D eigenvalue weighted by atomic mass is 9.93. The van der Waals surface area contributed by atoms with Crippen molar-refractivity contribution in [3.63, 3.8) is 0 Å². The van der Waals surface area contributed by atoms with E-state index in [-0.39, 0.29) is 24.4 Å². The number of carbonyl (C=O) groups excluding carboxylic acids is 1. The highest BCUT2D eigenvalue weighted by Crippen LogP contribution is 2.23. The minimum Gasteiger partial charge on any atom is -0.478 e. The molecule has 0 spiro atoms. The van der Waals surface area contributed by atoms with Crippen LogP contribution in [0.15, 0.2) is 48.5 Å². The second-order valence-corrected chi connectivity index (χ2v) is 7.21. The monoisotopic (exact) mass is 389 g/mol. The van der Waals surface area contributed by atoms with Gasteiger partial charge in [-0.05, 0) is 66.8 Å². The molecule has 0 radical (unpaired) electrons. The number of rotatable bonds is 6. The summed E-state index contributed by atoms with van der Waals surface area (Å²) in [6.07, 6.45) is 0.165. The van der Waals surface area contributed by atoms with E-state index in [0.29, 0.717) is 11.4 Å². The number of ketones is 1. The van der Waals surface area contributed by atoms with Crippen LogP contribution in [0.3, 0.4) is 0 Å². The van der Waals surface area contributed by atoms with Gasteiger partial charge < -0.3 is 10.2 Å². The van der Waals surface area contributed by atoms with Crippen molar-refractivity contribution in [1.82, 2.24) is 4.98 Å². The van der Waals surface area contributed by atoms with Crippen LogP contribution in [0.5, 0.6) is 0 Å². The standard InChI is InChI=1S/C24H23NO4/c1-14-4-9-21(18-7-5-17(13-26)6-8-18)25-23(14)22(27)12-20-15(2)10-19(24(28)29)11-16(20)3/h4-11,26H,12-13H2,1-3H3,(H,28,29). The maximum Gasteiger partial charge on any atom is 0.335 e. The zero-order chi connectivity index (χ0) is 21.1. The fourth-order valence-corrected chi connectivity index (χ4v) is 3.39. The van der Waals surface area contributed by atoms with Gasteiger partial charge in [0.1, 0.15) is 5.69 Å². The molecule has 0 unspecified atom stereocenters. The van der Waals surface area contributed by atoms with E-state index in [1.807, 2.05) is 57.2 Å². The summed E-state index contributed by atoms with van der Waals surface area (Å²) in [6, 6.07) is 14.3. The molecule has 1 aromatic heterocycles. The van der Waals surface area contributed by atoms with Crippen LogP contribution in [0.4, 0.5) is 0 Å². The van der Waals surface area contributed by atoms with Crippen LogP contribution in [0, 0.1) is 20.8 Å². The predicted molar refractivity (Wildman–Crippen MR) is 111 cm³/mol. The number of carboxylic acids is 1. The molecule has 0 aliphatic rings. The van der Waals surface area contributed by atoms with Crippen molar-refractivity contribution >= 4 is 11.8 Å². The van der Waals surface area contributed by atoms with Gasteiger partial charge in [0.25, 0.3) is 0 Å². The predicted octanol–water partition coefficient (Wildman–Crippen LogP) is 4.29. The van der Waals surface area contributed by atoms with Gasteiger partial charge >= 0.3 is 5.97 Å². The summed E-state index contributed by atoms with van der Waals surface area (Å²) < 4.78 is 0. The number of hydrogen-bond donors (Lipinski definition) is 2. The summed E-state index contributed by atoms with van der Waals surface area (Å²) in [5, 5.41) is 18.4. The highest BCUT2D eigenvalue weighted by atomic mass is 16.4. The summed E-state index contributed by atoms with van der Waals surface area (Å²) in [4.78, 5) is 28.9. The van der Waals surface area contributed by atoms with Crippen molar-refractivity contribution in [2.45, 2.75) is 33.8 Å². The molecule has 3 rings (SSSR count). The smallest absolute Gasteiger partial charge is 0.335 e. The minimum atomic E-state index is -0.980. The van der Waals surface area contributed by atoms with Crippen molar-refractivity contribution in [2.24, 2.45) is 0 Å². The summed E-state index contributed by atoms with van der Waals surface area (Å²) in [6.45, 7) is 5.47. The van der Waals surface area contributed by atoms with Gasteiger partial charge in [0.05, 0.1) is 17.9 Å². The van der Waals surface area contributed by atoms with Gasteiger partial charge in [0.15, 0.2) is 5.78 Å². The third-order valence-corrected chi connectivity index (χ3v) is 5.07. The third kappa shape index (κ3) is 4.41. The van der Waals surface area contributed by atoms with Gasteiger partial charge in [0, 0.05) is 12.0 Å². The fourth-order valence-electron chi connectivity index (χ4n) is 3.39. The van der Waals surface area contributed by atoms with Gasteiger partial charge in [0.2, 0.25) is 0 Å². The Labute approximate surface area is 169 Å². The highest BCUT2D eigenvalue weighted by molar-refractivity contribution is 5.98. The number of pyridine rings is 1. The summed E-state index contributed by atoms with van der Waals surface area (Å²) >= 11 is 0. The first-order valence-electron chi connectivity index (χ1n) is 9.34. The number of Topliss-reactive ketones (excluding diaryl/α,β-unsaturated/α-hetero) is 1. The molecule has 2 aromatic carbocycles. The number of benzene rings is 2. The van der Waals surface area contributed by atoms with E-state index in [9.17, 15) is 19.8 Å².